The van der Waals surface area contributed by atoms with E-state index in [2.05, 4.69) is 0 Å². The first-order valence-corrected chi connectivity index (χ1v) is 4.90. The van der Waals surface area contributed by atoms with Gasteiger partial charge in [0.05, 0.1) is 5.56 Å². The van der Waals surface area contributed by atoms with Crippen LogP contribution in [0.2, 0.25) is 0 Å². The zero-order valence-corrected chi connectivity index (χ0v) is 8.06. The summed E-state index contributed by atoms with van der Waals surface area (Å²) in [5.41, 5.74) is 0.345. The van der Waals surface area contributed by atoms with Crippen molar-refractivity contribution in [2.75, 3.05) is 0 Å². The summed E-state index contributed by atoms with van der Waals surface area (Å²) in [7, 11) is 0. The van der Waals surface area contributed by atoms with Gasteiger partial charge < -0.3 is 5.11 Å². The van der Waals surface area contributed by atoms with E-state index in [0.717, 1.165) is 18.9 Å². The monoisotopic (exact) mass is 216 g/mol. The van der Waals surface area contributed by atoms with Crippen molar-refractivity contribution in [3.63, 3.8) is 0 Å². The number of fused-ring (bicyclic) bond motifs is 1. The zero-order valence-electron chi connectivity index (χ0n) is 8.06. The quantitative estimate of drug-likeness (QED) is 0.705. The average molecular weight is 216 g/mol. The van der Waals surface area contributed by atoms with Gasteiger partial charge in [-0.15, -0.1) is 0 Å². The minimum atomic E-state index is -4.36. The van der Waals surface area contributed by atoms with Crippen LogP contribution in [0.3, 0.4) is 0 Å². The van der Waals surface area contributed by atoms with Crippen molar-refractivity contribution < 1.29 is 18.3 Å². The summed E-state index contributed by atoms with van der Waals surface area (Å²) in [5, 5.41) is 9.23. The molecule has 4 heteroatoms. The van der Waals surface area contributed by atoms with E-state index in [9.17, 15) is 18.3 Å². The van der Waals surface area contributed by atoms with E-state index in [1.54, 1.807) is 0 Å². The Kier molecular flexibility index (Phi) is 2.37. The summed E-state index contributed by atoms with van der Waals surface area (Å²) in [6.45, 7) is 0. The highest BCUT2D eigenvalue weighted by molar-refractivity contribution is 5.44. The summed E-state index contributed by atoms with van der Waals surface area (Å²) >= 11 is 0. The van der Waals surface area contributed by atoms with E-state index in [1.165, 1.54) is 6.07 Å². The van der Waals surface area contributed by atoms with Crippen molar-refractivity contribution in [1.82, 2.24) is 0 Å². The number of rotatable bonds is 0. The maximum absolute atomic E-state index is 12.6. The lowest BCUT2D eigenvalue weighted by Crippen LogP contribution is -2.14. The van der Waals surface area contributed by atoms with E-state index >= 15 is 0 Å². The molecule has 0 aromatic heterocycles. The van der Waals surface area contributed by atoms with Crippen LogP contribution in [0.4, 0.5) is 13.2 Å². The number of alkyl halides is 3. The van der Waals surface area contributed by atoms with Crippen LogP contribution in [-0.4, -0.2) is 5.11 Å². The van der Waals surface area contributed by atoms with Crippen molar-refractivity contribution in [3.8, 4) is 5.75 Å². The van der Waals surface area contributed by atoms with Crippen LogP contribution in [0.1, 0.15) is 29.5 Å². The van der Waals surface area contributed by atoms with E-state index in [0.29, 0.717) is 24.0 Å². The first-order chi connectivity index (χ1) is 6.98. The molecule has 1 nitrogen and oxygen atoms in total. The lowest BCUT2D eigenvalue weighted by atomic mass is 9.88. The molecule has 1 aliphatic carbocycles. The summed E-state index contributed by atoms with van der Waals surface area (Å²) in [6, 6.07) is 2.27. The SMILES string of the molecule is Oc1cc2c(c(C(F)(F)F)c1)CCCC2. The van der Waals surface area contributed by atoms with Crippen LogP contribution in [-0.2, 0) is 19.0 Å². The van der Waals surface area contributed by atoms with Crippen molar-refractivity contribution in [2.24, 2.45) is 0 Å². The topological polar surface area (TPSA) is 20.2 Å². The van der Waals surface area contributed by atoms with Crippen molar-refractivity contribution in [3.05, 3.63) is 28.8 Å². The van der Waals surface area contributed by atoms with Crippen LogP contribution in [0.25, 0.3) is 0 Å². The van der Waals surface area contributed by atoms with Gasteiger partial charge in [0, 0.05) is 0 Å². The summed E-state index contributed by atoms with van der Waals surface area (Å²) < 4.78 is 37.9. The van der Waals surface area contributed by atoms with Crippen LogP contribution in [0.5, 0.6) is 5.75 Å². The van der Waals surface area contributed by atoms with Gasteiger partial charge in [-0.1, -0.05) is 0 Å². The summed E-state index contributed by atoms with van der Waals surface area (Å²) in [6.07, 6.45) is -1.58. The second kappa shape index (κ2) is 3.43. The van der Waals surface area contributed by atoms with Gasteiger partial charge in [0.15, 0.2) is 0 Å². The third kappa shape index (κ3) is 1.94. The van der Waals surface area contributed by atoms with Crippen molar-refractivity contribution >= 4 is 0 Å². The van der Waals surface area contributed by atoms with E-state index in [1.807, 2.05) is 0 Å². The Bertz CT molecular complexity index is 382. The van der Waals surface area contributed by atoms with Crippen LogP contribution < -0.4 is 0 Å². The first kappa shape index (κ1) is 10.3. The molecule has 1 aromatic rings. The Balaban J connectivity index is 2.58. The predicted molar refractivity (Wildman–Crippen MR) is 49.8 cm³/mol. The second-order valence-corrected chi connectivity index (χ2v) is 3.84. The molecular formula is C11H11F3O. The third-order valence-corrected chi connectivity index (χ3v) is 2.76. The highest BCUT2D eigenvalue weighted by Crippen LogP contribution is 2.38. The predicted octanol–water partition coefficient (Wildman–Crippen LogP) is 3.29. The fourth-order valence-corrected chi connectivity index (χ4v) is 2.10. The number of benzene rings is 1. The standard InChI is InChI=1S/C11H11F3O/c12-11(13,14)10-6-8(15)5-7-3-1-2-4-9(7)10/h5-6,15H,1-4H2. The molecule has 0 aliphatic heterocycles. The molecule has 0 saturated carbocycles. The molecular weight excluding hydrogens is 205 g/mol. The second-order valence-electron chi connectivity index (χ2n) is 3.84. The lowest BCUT2D eigenvalue weighted by molar-refractivity contribution is -0.138. The molecule has 0 bridgehead atoms. The van der Waals surface area contributed by atoms with Gasteiger partial charge >= 0.3 is 6.18 Å². The Morgan fingerprint density at radius 1 is 1.07 bits per heavy atom. The molecule has 0 atom stereocenters. The molecule has 0 radical (unpaired) electrons. The van der Waals surface area contributed by atoms with E-state index < -0.39 is 11.7 Å². The normalized spacial score (nSPS) is 16.2. The van der Waals surface area contributed by atoms with Gasteiger partial charge in [-0.05, 0) is 48.9 Å². The first-order valence-electron chi connectivity index (χ1n) is 4.90. The number of aromatic hydroxyl groups is 1. The molecule has 1 aliphatic rings. The number of hydrogen-bond acceptors (Lipinski definition) is 1. The van der Waals surface area contributed by atoms with Gasteiger partial charge in [0.1, 0.15) is 5.75 Å². The molecule has 1 N–H and O–H groups in total. The minimum absolute atomic E-state index is 0.289. The molecule has 0 heterocycles. The maximum Gasteiger partial charge on any atom is 0.416 e. The van der Waals surface area contributed by atoms with Gasteiger partial charge in [-0.2, -0.15) is 13.2 Å². The van der Waals surface area contributed by atoms with Crippen molar-refractivity contribution in [2.45, 2.75) is 31.9 Å². The zero-order chi connectivity index (χ0) is 11.1. The molecule has 82 valence electrons. The highest BCUT2D eigenvalue weighted by Gasteiger charge is 2.35. The maximum atomic E-state index is 12.6. The average Bonchev–Trinajstić information content (AvgIpc) is 2.15. The number of hydrogen-bond donors (Lipinski definition) is 1. The molecule has 0 amide bonds. The van der Waals surface area contributed by atoms with Crippen LogP contribution in [0, 0.1) is 0 Å². The van der Waals surface area contributed by atoms with E-state index in [-0.39, 0.29) is 5.75 Å². The Hall–Kier alpha value is -1.19. The molecule has 0 unspecified atom stereocenters. The highest BCUT2D eigenvalue weighted by atomic mass is 19.4. The third-order valence-electron chi connectivity index (χ3n) is 2.76. The summed E-state index contributed by atoms with van der Waals surface area (Å²) in [4.78, 5) is 0. The van der Waals surface area contributed by atoms with Crippen molar-refractivity contribution in [1.29, 1.82) is 0 Å². The number of aryl methyl sites for hydroxylation is 1. The molecule has 0 saturated heterocycles. The largest absolute Gasteiger partial charge is 0.508 e. The fraction of sp³-hybridized carbons (Fsp3) is 0.455. The smallest absolute Gasteiger partial charge is 0.416 e. The van der Waals surface area contributed by atoms with Gasteiger partial charge in [-0.25, -0.2) is 0 Å². The minimum Gasteiger partial charge on any atom is -0.508 e. The molecule has 0 fully saturated rings. The Morgan fingerprint density at radius 3 is 2.40 bits per heavy atom. The molecule has 2 rings (SSSR count). The lowest BCUT2D eigenvalue weighted by Gasteiger charge is -2.21. The Morgan fingerprint density at radius 2 is 1.73 bits per heavy atom. The van der Waals surface area contributed by atoms with Gasteiger partial charge in [0.2, 0.25) is 0 Å². The van der Waals surface area contributed by atoms with Gasteiger partial charge in [0.25, 0.3) is 0 Å². The Labute approximate surface area is 85.5 Å². The van der Waals surface area contributed by atoms with Crippen LogP contribution >= 0.6 is 0 Å². The molecule has 15 heavy (non-hydrogen) atoms. The number of phenolic OH excluding ortho intramolecular Hbond substituents is 1. The fourth-order valence-electron chi connectivity index (χ4n) is 2.10. The molecule has 1 aromatic carbocycles. The number of phenols is 1. The van der Waals surface area contributed by atoms with Gasteiger partial charge in [-0.3, -0.25) is 0 Å². The molecule has 0 spiro atoms. The van der Waals surface area contributed by atoms with E-state index in [4.69, 9.17) is 0 Å². The summed E-state index contributed by atoms with van der Waals surface area (Å²) in [5.74, 6) is -0.289. The van der Waals surface area contributed by atoms with Crippen LogP contribution in [0.15, 0.2) is 12.1 Å². The number of halogens is 3.